The van der Waals surface area contributed by atoms with E-state index in [4.69, 9.17) is 0 Å². The third kappa shape index (κ3) is 2.03. The molecule has 4 rings (SSSR count). The van der Waals surface area contributed by atoms with E-state index in [1.165, 1.54) is 37.1 Å². The monoisotopic (exact) mass is 282 g/mol. The maximum Gasteiger partial charge on any atom is 0.169 e. The minimum Gasteiger partial charge on any atom is -0.347 e. The molecule has 0 spiro atoms. The molecule has 2 aliphatic rings. The zero-order valence-corrected chi connectivity index (χ0v) is 12.6. The van der Waals surface area contributed by atoms with Gasteiger partial charge in [0.25, 0.3) is 0 Å². The van der Waals surface area contributed by atoms with Crippen molar-refractivity contribution in [2.24, 2.45) is 13.0 Å². The number of fused-ring (bicyclic) bond motifs is 3. The molecule has 0 bridgehead atoms. The van der Waals surface area contributed by atoms with E-state index in [9.17, 15) is 4.79 Å². The van der Waals surface area contributed by atoms with E-state index in [1.54, 1.807) is 0 Å². The minimum atomic E-state index is 0.196. The molecule has 3 nitrogen and oxygen atoms in total. The summed E-state index contributed by atoms with van der Waals surface area (Å²) < 4.78 is 2.22. The van der Waals surface area contributed by atoms with Crippen LogP contribution in [-0.4, -0.2) is 34.9 Å². The van der Waals surface area contributed by atoms with Gasteiger partial charge in [0.05, 0.1) is 0 Å². The molecule has 2 heterocycles. The molecule has 3 heteroatoms. The molecule has 1 saturated heterocycles. The van der Waals surface area contributed by atoms with Crippen LogP contribution in [0, 0.1) is 5.92 Å². The van der Waals surface area contributed by atoms with Gasteiger partial charge in [0.2, 0.25) is 0 Å². The summed E-state index contributed by atoms with van der Waals surface area (Å²) in [6, 6.07) is 8.32. The Morgan fingerprint density at radius 3 is 2.76 bits per heavy atom. The molecule has 1 aliphatic heterocycles. The van der Waals surface area contributed by atoms with Crippen LogP contribution in [-0.2, 0) is 13.5 Å². The second kappa shape index (κ2) is 4.99. The zero-order chi connectivity index (χ0) is 14.4. The van der Waals surface area contributed by atoms with Crippen molar-refractivity contribution in [3.05, 3.63) is 35.5 Å². The van der Waals surface area contributed by atoms with Gasteiger partial charge in [-0.05, 0) is 44.8 Å². The van der Waals surface area contributed by atoms with E-state index >= 15 is 0 Å². The number of ketones is 1. The maximum atomic E-state index is 13.0. The SMILES string of the molecule is Cn1c2c(c3ccccc31)C(=O)C(CN1CCCC1)CC2. The van der Waals surface area contributed by atoms with Crippen LogP contribution in [0.5, 0.6) is 0 Å². The van der Waals surface area contributed by atoms with Gasteiger partial charge in [0.1, 0.15) is 0 Å². The molecule has 0 N–H and O–H groups in total. The van der Waals surface area contributed by atoms with Crippen molar-refractivity contribution >= 4 is 16.7 Å². The number of rotatable bonds is 2. The molecule has 2 aromatic rings. The van der Waals surface area contributed by atoms with Crippen LogP contribution in [0.15, 0.2) is 24.3 Å². The first-order valence-corrected chi connectivity index (χ1v) is 8.08. The van der Waals surface area contributed by atoms with E-state index in [2.05, 4.69) is 34.7 Å². The summed E-state index contributed by atoms with van der Waals surface area (Å²) in [7, 11) is 2.09. The number of nitrogens with zero attached hydrogens (tertiary/aromatic N) is 2. The molecular weight excluding hydrogens is 260 g/mol. The smallest absolute Gasteiger partial charge is 0.169 e. The van der Waals surface area contributed by atoms with Crippen molar-refractivity contribution in [3.63, 3.8) is 0 Å². The first kappa shape index (κ1) is 13.1. The van der Waals surface area contributed by atoms with Crippen LogP contribution < -0.4 is 0 Å². The number of carbonyl (C=O) groups is 1. The second-order valence-corrected chi connectivity index (χ2v) is 6.51. The number of para-hydroxylation sites is 1. The van der Waals surface area contributed by atoms with E-state index in [0.717, 1.165) is 30.3 Å². The van der Waals surface area contributed by atoms with Crippen molar-refractivity contribution in [2.75, 3.05) is 19.6 Å². The topological polar surface area (TPSA) is 25.2 Å². The quantitative estimate of drug-likeness (QED) is 0.846. The van der Waals surface area contributed by atoms with E-state index < -0.39 is 0 Å². The van der Waals surface area contributed by atoms with Gasteiger partial charge in [-0.2, -0.15) is 0 Å². The molecule has 0 amide bonds. The summed E-state index contributed by atoms with van der Waals surface area (Å²) in [5.41, 5.74) is 3.43. The Bertz CT molecular complexity index is 695. The summed E-state index contributed by atoms with van der Waals surface area (Å²) in [6.45, 7) is 3.31. The molecule has 1 aliphatic carbocycles. The molecule has 0 radical (unpaired) electrons. The van der Waals surface area contributed by atoms with E-state index in [0.29, 0.717) is 5.78 Å². The maximum absolute atomic E-state index is 13.0. The van der Waals surface area contributed by atoms with Gasteiger partial charge in [-0.15, -0.1) is 0 Å². The summed E-state index contributed by atoms with van der Waals surface area (Å²) in [5.74, 6) is 0.571. The van der Waals surface area contributed by atoms with Crippen LogP contribution in [0.25, 0.3) is 10.9 Å². The molecular formula is C18H22N2O. The average Bonchev–Trinajstić information content (AvgIpc) is 3.10. The third-order valence-electron chi connectivity index (χ3n) is 5.25. The summed E-state index contributed by atoms with van der Waals surface area (Å²) in [4.78, 5) is 15.5. The Morgan fingerprint density at radius 2 is 1.95 bits per heavy atom. The molecule has 0 saturated carbocycles. The van der Waals surface area contributed by atoms with Gasteiger partial charge in [-0.3, -0.25) is 4.79 Å². The standard InChI is InChI=1S/C18H22N2O/c1-19-15-7-3-2-6-14(15)17-16(19)9-8-13(18(17)21)12-20-10-4-5-11-20/h2-3,6-7,13H,4-5,8-12H2,1H3. The number of hydrogen-bond donors (Lipinski definition) is 0. The average molecular weight is 282 g/mol. The molecule has 21 heavy (non-hydrogen) atoms. The van der Waals surface area contributed by atoms with Crippen molar-refractivity contribution in [1.82, 2.24) is 9.47 Å². The van der Waals surface area contributed by atoms with Crippen LogP contribution in [0.4, 0.5) is 0 Å². The third-order valence-corrected chi connectivity index (χ3v) is 5.25. The molecule has 1 aromatic carbocycles. The Morgan fingerprint density at radius 1 is 1.19 bits per heavy atom. The lowest BCUT2D eigenvalue weighted by molar-refractivity contribution is 0.0869. The Hall–Kier alpha value is -1.61. The summed E-state index contributed by atoms with van der Waals surface area (Å²) >= 11 is 0. The van der Waals surface area contributed by atoms with Gasteiger partial charge in [-0.1, -0.05) is 18.2 Å². The highest BCUT2D eigenvalue weighted by Gasteiger charge is 2.33. The van der Waals surface area contributed by atoms with Crippen molar-refractivity contribution < 1.29 is 4.79 Å². The number of hydrogen-bond acceptors (Lipinski definition) is 2. The number of carbonyl (C=O) groups excluding carboxylic acids is 1. The zero-order valence-electron chi connectivity index (χ0n) is 12.6. The second-order valence-electron chi connectivity index (χ2n) is 6.51. The lowest BCUT2D eigenvalue weighted by Gasteiger charge is -2.26. The minimum absolute atomic E-state index is 0.196. The summed E-state index contributed by atoms with van der Waals surface area (Å²) in [5, 5.41) is 1.14. The van der Waals surface area contributed by atoms with E-state index in [1.807, 2.05) is 6.07 Å². The summed E-state index contributed by atoms with van der Waals surface area (Å²) in [6.07, 6.45) is 4.62. The molecule has 110 valence electrons. The van der Waals surface area contributed by atoms with Gasteiger partial charge in [0.15, 0.2) is 5.78 Å². The highest BCUT2D eigenvalue weighted by atomic mass is 16.1. The molecule has 1 atom stereocenters. The molecule has 1 fully saturated rings. The number of benzene rings is 1. The van der Waals surface area contributed by atoms with Crippen molar-refractivity contribution in [3.8, 4) is 0 Å². The van der Waals surface area contributed by atoms with E-state index in [-0.39, 0.29) is 5.92 Å². The predicted molar refractivity (Wildman–Crippen MR) is 84.7 cm³/mol. The fourth-order valence-corrected chi connectivity index (χ4v) is 4.11. The predicted octanol–water partition coefficient (Wildman–Crippen LogP) is 3.02. The number of likely N-dealkylation sites (tertiary alicyclic amines) is 1. The number of aryl methyl sites for hydroxylation is 1. The fraction of sp³-hybridized carbons (Fsp3) is 0.500. The Kier molecular flexibility index (Phi) is 3.11. The first-order valence-electron chi connectivity index (χ1n) is 8.08. The van der Waals surface area contributed by atoms with Gasteiger partial charge < -0.3 is 9.47 Å². The van der Waals surface area contributed by atoms with Gasteiger partial charge in [0, 0.05) is 41.7 Å². The number of aromatic nitrogens is 1. The molecule has 1 aromatic heterocycles. The van der Waals surface area contributed by atoms with Crippen LogP contribution in [0.3, 0.4) is 0 Å². The van der Waals surface area contributed by atoms with Gasteiger partial charge >= 0.3 is 0 Å². The lowest BCUT2D eigenvalue weighted by atomic mass is 9.84. The lowest BCUT2D eigenvalue weighted by Crippen LogP contribution is -2.34. The first-order chi connectivity index (χ1) is 10.3. The highest BCUT2D eigenvalue weighted by molar-refractivity contribution is 6.11. The van der Waals surface area contributed by atoms with Crippen LogP contribution in [0.2, 0.25) is 0 Å². The van der Waals surface area contributed by atoms with Gasteiger partial charge in [-0.25, -0.2) is 0 Å². The van der Waals surface area contributed by atoms with Crippen molar-refractivity contribution in [1.29, 1.82) is 0 Å². The fourth-order valence-electron chi connectivity index (χ4n) is 4.11. The Balaban J connectivity index is 1.71. The van der Waals surface area contributed by atoms with Crippen LogP contribution in [0.1, 0.15) is 35.3 Å². The number of Topliss-reactive ketones (excluding diaryl/α,β-unsaturated/α-hetero) is 1. The normalized spacial score (nSPS) is 22.9. The Labute approximate surface area is 125 Å². The van der Waals surface area contributed by atoms with Crippen LogP contribution >= 0.6 is 0 Å². The highest BCUT2D eigenvalue weighted by Crippen LogP contribution is 2.34. The molecule has 1 unspecified atom stereocenters. The largest absolute Gasteiger partial charge is 0.347 e. The van der Waals surface area contributed by atoms with Crippen molar-refractivity contribution in [2.45, 2.75) is 25.7 Å².